The molecule has 0 aromatic carbocycles. The molecule has 56 valence electrons. The molecule has 0 unspecified atom stereocenters. The van der Waals surface area contributed by atoms with Crippen molar-refractivity contribution in [2.45, 2.75) is 0 Å². The highest BCUT2D eigenvalue weighted by Gasteiger charge is 1.93. The predicted molar refractivity (Wildman–Crippen MR) is 40.4 cm³/mol. The third kappa shape index (κ3) is 2.44. The molecule has 0 bridgehead atoms. The Balaban J connectivity index is 2.65. The number of halogens is 1. The van der Waals surface area contributed by atoms with Gasteiger partial charge in [0.25, 0.3) is 0 Å². The molecule has 4 heteroatoms. The lowest BCUT2D eigenvalue weighted by Crippen LogP contribution is -1.93. The zero-order chi connectivity index (χ0) is 8.10. The van der Waals surface area contributed by atoms with Crippen LogP contribution in [0.2, 0.25) is 5.02 Å². The Morgan fingerprint density at radius 3 is 3.09 bits per heavy atom. The molecule has 0 atom stereocenters. The molecule has 3 nitrogen and oxygen atoms in total. The van der Waals surface area contributed by atoms with Gasteiger partial charge in [0.05, 0.1) is 11.2 Å². The van der Waals surface area contributed by atoms with Gasteiger partial charge in [-0.3, -0.25) is 4.98 Å². The summed E-state index contributed by atoms with van der Waals surface area (Å²) in [7, 11) is 0. The van der Waals surface area contributed by atoms with Gasteiger partial charge in [0.1, 0.15) is 11.8 Å². The molecule has 0 fully saturated rings. The van der Waals surface area contributed by atoms with Crippen LogP contribution in [0.5, 0.6) is 5.75 Å². The van der Waals surface area contributed by atoms with Crippen LogP contribution in [0, 0.1) is 11.3 Å². The maximum Gasteiger partial charge on any atom is 0.174 e. The lowest BCUT2D eigenvalue weighted by atomic mass is 10.5. The van der Waals surface area contributed by atoms with Crippen LogP contribution in [0.4, 0.5) is 0 Å². The Labute approximate surface area is 69.2 Å². The van der Waals surface area contributed by atoms with E-state index in [2.05, 4.69) is 4.98 Å². The quantitative estimate of drug-likeness (QED) is 0.675. The van der Waals surface area contributed by atoms with E-state index in [0.29, 0.717) is 10.8 Å². The van der Waals surface area contributed by atoms with Crippen molar-refractivity contribution in [3.8, 4) is 11.8 Å². The summed E-state index contributed by atoms with van der Waals surface area (Å²) in [6.45, 7) is 0.0159. The molecule has 0 saturated heterocycles. The first-order chi connectivity index (χ1) is 5.33. The van der Waals surface area contributed by atoms with Gasteiger partial charge in [0, 0.05) is 12.3 Å². The van der Waals surface area contributed by atoms with Crippen LogP contribution >= 0.6 is 11.6 Å². The first kappa shape index (κ1) is 7.83. The Bertz CT molecular complexity index is 282. The van der Waals surface area contributed by atoms with Crippen LogP contribution in [-0.4, -0.2) is 11.6 Å². The summed E-state index contributed by atoms with van der Waals surface area (Å²) in [6, 6.07) is 3.45. The van der Waals surface area contributed by atoms with Crippen LogP contribution in [-0.2, 0) is 0 Å². The number of hydrogen-bond donors (Lipinski definition) is 0. The van der Waals surface area contributed by atoms with Gasteiger partial charge >= 0.3 is 0 Å². The van der Waals surface area contributed by atoms with Gasteiger partial charge in [-0.15, -0.1) is 0 Å². The molecule has 0 aliphatic rings. The summed E-state index contributed by atoms with van der Waals surface area (Å²) in [5.41, 5.74) is 0. The van der Waals surface area contributed by atoms with Crippen molar-refractivity contribution in [1.82, 2.24) is 4.98 Å². The molecular formula is C7H5ClN2O. The first-order valence-corrected chi connectivity index (χ1v) is 3.31. The average Bonchev–Trinajstić information content (AvgIpc) is 2.01. The number of ether oxygens (including phenoxy) is 1. The molecule has 0 spiro atoms. The van der Waals surface area contributed by atoms with Gasteiger partial charge in [0.2, 0.25) is 0 Å². The van der Waals surface area contributed by atoms with Crippen LogP contribution in [0.3, 0.4) is 0 Å². The number of nitriles is 1. The van der Waals surface area contributed by atoms with E-state index in [9.17, 15) is 0 Å². The van der Waals surface area contributed by atoms with E-state index >= 15 is 0 Å². The van der Waals surface area contributed by atoms with Gasteiger partial charge in [-0.05, 0) is 0 Å². The van der Waals surface area contributed by atoms with E-state index in [1.807, 2.05) is 6.07 Å². The summed E-state index contributed by atoms with van der Waals surface area (Å²) in [4.78, 5) is 3.77. The zero-order valence-corrected chi connectivity index (χ0v) is 6.38. The van der Waals surface area contributed by atoms with Crippen LogP contribution < -0.4 is 4.74 Å². The predicted octanol–water partition coefficient (Wildman–Crippen LogP) is 1.64. The van der Waals surface area contributed by atoms with E-state index in [0.717, 1.165) is 0 Å². The second kappa shape index (κ2) is 3.79. The summed E-state index contributed by atoms with van der Waals surface area (Å²) in [6.07, 6.45) is 3.00. The maximum absolute atomic E-state index is 8.17. The number of pyridine rings is 1. The van der Waals surface area contributed by atoms with Crippen molar-refractivity contribution in [3.05, 3.63) is 23.5 Å². The Morgan fingerprint density at radius 2 is 2.45 bits per heavy atom. The Kier molecular flexibility index (Phi) is 2.70. The molecule has 0 N–H and O–H groups in total. The molecule has 11 heavy (non-hydrogen) atoms. The fraction of sp³-hybridized carbons (Fsp3) is 0.143. The molecule has 0 aliphatic carbocycles. The summed E-state index contributed by atoms with van der Waals surface area (Å²) >= 11 is 5.60. The molecule has 0 radical (unpaired) electrons. The van der Waals surface area contributed by atoms with Gasteiger partial charge in [-0.2, -0.15) is 5.26 Å². The fourth-order valence-corrected chi connectivity index (χ4v) is 0.751. The fourth-order valence-electron chi connectivity index (χ4n) is 0.587. The number of hydrogen-bond acceptors (Lipinski definition) is 3. The highest BCUT2D eigenvalue weighted by molar-refractivity contribution is 6.30. The SMILES string of the molecule is N#CCOc1cncc(Cl)c1. The van der Waals surface area contributed by atoms with E-state index in [1.165, 1.54) is 12.4 Å². The number of rotatable bonds is 2. The van der Waals surface area contributed by atoms with Crippen molar-refractivity contribution in [1.29, 1.82) is 5.26 Å². The van der Waals surface area contributed by atoms with Crippen molar-refractivity contribution in [2.75, 3.05) is 6.61 Å². The molecule has 1 rings (SSSR count). The summed E-state index contributed by atoms with van der Waals surface area (Å²) in [5.74, 6) is 0.513. The van der Waals surface area contributed by atoms with Crippen molar-refractivity contribution in [3.63, 3.8) is 0 Å². The van der Waals surface area contributed by atoms with Crippen molar-refractivity contribution >= 4 is 11.6 Å². The standard InChI is InChI=1S/C7H5ClN2O/c8-6-3-7(5-10-4-6)11-2-1-9/h3-5H,2H2. The van der Waals surface area contributed by atoms with E-state index < -0.39 is 0 Å². The average molecular weight is 169 g/mol. The summed E-state index contributed by atoms with van der Waals surface area (Å²) in [5, 5.41) is 8.67. The van der Waals surface area contributed by atoms with E-state index in [-0.39, 0.29) is 6.61 Å². The third-order valence-corrected chi connectivity index (χ3v) is 1.19. The second-order valence-electron chi connectivity index (χ2n) is 1.79. The lowest BCUT2D eigenvalue weighted by Gasteiger charge is -1.98. The number of aromatic nitrogens is 1. The van der Waals surface area contributed by atoms with Crippen LogP contribution in [0.25, 0.3) is 0 Å². The van der Waals surface area contributed by atoms with Gasteiger partial charge in [-0.1, -0.05) is 11.6 Å². The molecule has 1 aromatic heterocycles. The second-order valence-corrected chi connectivity index (χ2v) is 2.22. The maximum atomic E-state index is 8.17. The minimum Gasteiger partial charge on any atom is -0.477 e. The van der Waals surface area contributed by atoms with Crippen LogP contribution in [0.1, 0.15) is 0 Å². The minimum absolute atomic E-state index is 0.0159. The normalized spacial score (nSPS) is 8.73. The van der Waals surface area contributed by atoms with E-state index in [4.69, 9.17) is 21.6 Å². The molecule has 0 amide bonds. The first-order valence-electron chi connectivity index (χ1n) is 2.93. The molecule has 0 saturated carbocycles. The van der Waals surface area contributed by atoms with Gasteiger partial charge in [0.15, 0.2) is 6.61 Å². The van der Waals surface area contributed by atoms with Gasteiger partial charge in [-0.25, -0.2) is 0 Å². The molecule has 0 aliphatic heterocycles. The largest absolute Gasteiger partial charge is 0.477 e. The van der Waals surface area contributed by atoms with E-state index in [1.54, 1.807) is 6.07 Å². The molecular weight excluding hydrogens is 164 g/mol. The van der Waals surface area contributed by atoms with Crippen LogP contribution in [0.15, 0.2) is 18.5 Å². The highest BCUT2D eigenvalue weighted by Crippen LogP contribution is 2.14. The lowest BCUT2D eigenvalue weighted by molar-refractivity contribution is 0.366. The topological polar surface area (TPSA) is 45.9 Å². The Morgan fingerprint density at radius 1 is 1.64 bits per heavy atom. The molecule has 1 aromatic rings. The molecule has 1 heterocycles. The smallest absolute Gasteiger partial charge is 0.174 e. The van der Waals surface area contributed by atoms with Gasteiger partial charge < -0.3 is 4.74 Å². The minimum atomic E-state index is 0.0159. The monoisotopic (exact) mass is 168 g/mol. The van der Waals surface area contributed by atoms with Crippen molar-refractivity contribution < 1.29 is 4.74 Å². The Hall–Kier alpha value is -1.27. The number of nitrogens with zero attached hydrogens (tertiary/aromatic N) is 2. The summed E-state index contributed by atoms with van der Waals surface area (Å²) < 4.78 is 4.93. The van der Waals surface area contributed by atoms with Crippen molar-refractivity contribution in [2.24, 2.45) is 0 Å². The zero-order valence-electron chi connectivity index (χ0n) is 5.62. The third-order valence-electron chi connectivity index (χ3n) is 0.983. The highest BCUT2D eigenvalue weighted by atomic mass is 35.5.